The number of nitrogens with one attached hydrogen (secondary N) is 1. The lowest BCUT2D eigenvalue weighted by atomic mass is 10.0. The van der Waals surface area contributed by atoms with Gasteiger partial charge >= 0.3 is 12.1 Å². The van der Waals surface area contributed by atoms with Gasteiger partial charge in [-0.05, 0) is 30.2 Å². The smallest absolute Gasteiger partial charge is 0.409 e. The van der Waals surface area contributed by atoms with Crippen LogP contribution in [0.3, 0.4) is 0 Å². The molecule has 2 aromatic rings. The molecule has 148 valence electrons. The van der Waals surface area contributed by atoms with E-state index in [1.165, 1.54) is 42.6 Å². The van der Waals surface area contributed by atoms with Crippen LogP contribution in [0.2, 0.25) is 10.0 Å². The predicted octanol–water partition coefficient (Wildman–Crippen LogP) is 4.22. The number of benzene rings is 1. The number of thiophene rings is 1. The molecule has 1 aromatic carbocycles. The summed E-state index contributed by atoms with van der Waals surface area (Å²) < 4.78 is 9.65. The van der Waals surface area contributed by atoms with Crippen LogP contribution in [0.5, 0.6) is 0 Å². The molecule has 0 spiro atoms. The van der Waals surface area contributed by atoms with E-state index in [4.69, 9.17) is 32.7 Å². The lowest BCUT2D eigenvalue weighted by molar-refractivity contribution is 0.0600. The van der Waals surface area contributed by atoms with E-state index >= 15 is 0 Å². The van der Waals surface area contributed by atoms with E-state index in [1.54, 1.807) is 6.07 Å². The Balaban J connectivity index is 1.96. The summed E-state index contributed by atoms with van der Waals surface area (Å²) in [6, 6.07) is 4.54. The minimum absolute atomic E-state index is 0.188. The highest BCUT2D eigenvalue weighted by Gasteiger charge is 2.31. The van der Waals surface area contributed by atoms with Gasteiger partial charge in [-0.15, -0.1) is 11.3 Å². The summed E-state index contributed by atoms with van der Waals surface area (Å²) in [4.78, 5) is 39.2. The molecule has 0 unspecified atom stereocenters. The van der Waals surface area contributed by atoms with Gasteiger partial charge in [0.25, 0.3) is 5.91 Å². The number of fused-ring (bicyclic) bond motifs is 1. The lowest BCUT2D eigenvalue weighted by Crippen LogP contribution is -2.35. The fourth-order valence-electron chi connectivity index (χ4n) is 2.94. The van der Waals surface area contributed by atoms with Gasteiger partial charge in [-0.1, -0.05) is 23.2 Å². The van der Waals surface area contributed by atoms with Crippen LogP contribution in [-0.2, 0) is 22.4 Å². The topological polar surface area (TPSA) is 84.9 Å². The summed E-state index contributed by atoms with van der Waals surface area (Å²) in [5.41, 5.74) is 1.23. The van der Waals surface area contributed by atoms with Crippen LogP contribution in [0.25, 0.3) is 0 Å². The molecule has 1 aliphatic rings. The molecule has 1 aromatic heterocycles. The van der Waals surface area contributed by atoms with Gasteiger partial charge in [0, 0.05) is 16.4 Å². The van der Waals surface area contributed by atoms with Crippen molar-refractivity contribution in [1.82, 2.24) is 4.90 Å². The molecule has 0 bridgehead atoms. The van der Waals surface area contributed by atoms with Crippen molar-refractivity contribution in [3.63, 3.8) is 0 Å². The maximum absolute atomic E-state index is 12.7. The molecule has 0 atom stereocenters. The molecule has 0 fully saturated rings. The number of hydrogen-bond donors (Lipinski definition) is 1. The van der Waals surface area contributed by atoms with Crippen molar-refractivity contribution in [2.45, 2.75) is 13.0 Å². The van der Waals surface area contributed by atoms with E-state index in [0.29, 0.717) is 28.6 Å². The number of methoxy groups -OCH3 is 2. The van der Waals surface area contributed by atoms with Gasteiger partial charge in [0.2, 0.25) is 0 Å². The van der Waals surface area contributed by atoms with Crippen LogP contribution in [0.4, 0.5) is 9.80 Å². The van der Waals surface area contributed by atoms with E-state index in [1.807, 2.05) is 0 Å². The van der Waals surface area contributed by atoms with Gasteiger partial charge < -0.3 is 19.7 Å². The van der Waals surface area contributed by atoms with E-state index in [2.05, 4.69) is 5.32 Å². The lowest BCUT2D eigenvalue weighted by Gasteiger charge is -2.25. The summed E-state index contributed by atoms with van der Waals surface area (Å²) >= 11 is 13.3. The van der Waals surface area contributed by atoms with Gasteiger partial charge in [-0.3, -0.25) is 4.79 Å². The monoisotopic (exact) mass is 442 g/mol. The molecule has 1 aliphatic heterocycles. The SMILES string of the molecule is COC(=O)c1c(NC(=O)c2cc(Cl)ccc2Cl)sc2c1CCN(C(=O)OC)C2. The second-order valence-corrected chi connectivity index (χ2v) is 7.87. The largest absolute Gasteiger partial charge is 0.465 e. The molecule has 0 saturated carbocycles. The molecule has 28 heavy (non-hydrogen) atoms. The quantitative estimate of drug-likeness (QED) is 0.719. The molecule has 0 radical (unpaired) electrons. The Morgan fingerprint density at radius 2 is 1.93 bits per heavy atom. The second kappa shape index (κ2) is 8.38. The summed E-state index contributed by atoms with van der Waals surface area (Å²) in [5.74, 6) is -1.06. The number of hydrogen-bond acceptors (Lipinski definition) is 6. The highest BCUT2D eigenvalue weighted by Crippen LogP contribution is 2.38. The first-order valence-corrected chi connectivity index (χ1v) is 9.75. The number of ether oxygens (including phenoxy) is 2. The summed E-state index contributed by atoms with van der Waals surface area (Å²) in [6.45, 7) is 0.679. The summed E-state index contributed by atoms with van der Waals surface area (Å²) in [6.07, 6.45) is -0.00550. The van der Waals surface area contributed by atoms with Crippen molar-refractivity contribution < 1.29 is 23.9 Å². The Morgan fingerprint density at radius 1 is 1.18 bits per heavy atom. The third kappa shape index (κ3) is 3.94. The number of anilines is 1. The zero-order chi connectivity index (χ0) is 20.4. The molecule has 1 N–H and O–H groups in total. The second-order valence-electron chi connectivity index (χ2n) is 5.92. The van der Waals surface area contributed by atoms with Crippen LogP contribution >= 0.6 is 34.5 Å². The standard InChI is InChI=1S/C18H16Cl2N2O5S/c1-26-17(24)14-10-5-6-22(18(25)27-2)8-13(10)28-16(14)21-15(23)11-7-9(19)3-4-12(11)20/h3-4,7H,5-6,8H2,1-2H3,(H,21,23). The predicted molar refractivity (Wildman–Crippen MR) is 107 cm³/mol. The zero-order valence-corrected chi connectivity index (χ0v) is 17.3. The maximum Gasteiger partial charge on any atom is 0.409 e. The third-order valence-electron chi connectivity index (χ3n) is 4.28. The van der Waals surface area contributed by atoms with Crippen molar-refractivity contribution in [2.75, 3.05) is 26.1 Å². The van der Waals surface area contributed by atoms with Crippen molar-refractivity contribution in [1.29, 1.82) is 0 Å². The highest BCUT2D eigenvalue weighted by atomic mass is 35.5. The van der Waals surface area contributed by atoms with Gasteiger partial charge in [0.15, 0.2) is 0 Å². The molecule has 7 nitrogen and oxygen atoms in total. The van der Waals surface area contributed by atoms with E-state index < -0.39 is 18.0 Å². The molecule has 2 amide bonds. The number of amides is 2. The van der Waals surface area contributed by atoms with Crippen LogP contribution in [0.15, 0.2) is 18.2 Å². The Morgan fingerprint density at radius 3 is 2.61 bits per heavy atom. The van der Waals surface area contributed by atoms with Crippen molar-refractivity contribution >= 4 is 57.5 Å². The Hall–Kier alpha value is -2.29. The Kier molecular flexibility index (Phi) is 6.12. The maximum atomic E-state index is 12.7. The molecule has 3 rings (SSSR count). The van der Waals surface area contributed by atoms with Crippen LogP contribution in [0.1, 0.15) is 31.2 Å². The molecule has 0 aliphatic carbocycles. The fourth-order valence-corrected chi connectivity index (χ4v) is 4.56. The Labute approximate surface area is 175 Å². The first kappa shape index (κ1) is 20.4. The number of nitrogens with zero attached hydrogens (tertiary/aromatic N) is 1. The normalized spacial score (nSPS) is 12.9. The minimum Gasteiger partial charge on any atom is -0.465 e. The average Bonchev–Trinajstić information content (AvgIpc) is 3.05. The molecular formula is C18H16Cl2N2O5S. The number of halogens is 2. The Bertz CT molecular complexity index is 960. The van der Waals surface area contributed by atoms with Crippen molar-refractivity contribution in [3.05, 3.63) is 49.8 Å². The first-order chi connectivity index (χ1) is 13.3. The minimum atomic E-state index is -0.559. The molecule has 10 heteroatoms. The van der Waals surface area contributed by atoms with E-state index in [0.717, 1.165) is 10.4 Å². The van der Waals surface area contributed by atoms with E-state index in [9.17, 15) is 14.4 Å². The highest BCUT2D eigenvalue weighted by molar-refractivity contribution is 7.17. The van der Waals surface area contributed by atoms with E-state index in [-0.39, 0.29) is 17.1 Å². The van der Waals surface area contributed by atoms with Gasteiger partial charge in [0.05, 0.1) is 36.9 Å². The first-order valence-electron chi connectivity index (χ1n) is 8.17. The summed E-state index contributed by atoms with van der Waals surface area (Å²) in [7, 11) is 2.59. The third-order valence-corrected chi connectivity index (χ3v) is 5.98. The molecule has 0 saturated heterocycles. The van der Waals surface area contributed by atoms with Crippen LogP contribution in [0, 0.1) is 0 Å². The number of esters is 1. The molecule has 2 heterocycles. The zero-order valence-electron chi connectivity index (χ0n) is 15.0. The fraction of sp³-hybridized carbons (Fsp3) is 0.278. The average molecular weight is 443 g/mol. The van der Waals surface area contributed by atoms with Crippen molar-refractivity contribution in [3.8, 4) is 0 Å². The summed E-state index contributed by atoms with van der Waals surface area (Å²) in [5, 5.41) is 3.66. The number of carbonyl (C=O) groups excluding carboxylic acids is 3. The van der Waals surface area contributed by atoms with Gasteiger partial charge in [0.1, 0.15) is 5.00 Å². The number of rotatable bonds is 3. The van der Waals surface area contributed by atoms with Crippen LogP contribution in [-0.4, -0.2) is 43.6 Å². The van der Waals surface area contributed by atoms with Gasteiger partial charge in [-0.25, -0.2) is 9.59 Å². The van der Waals surface area contributed by atoms with Gasteiger partial charge in [-0.2, -0.15) is 0 Å². The van der Waals surface area contributed by atoms with Crippen molar-refractivity contribution in [2.24, 2.45) is 0 Å². The molecular weight excluding hydrogens is 427 g/mol. The number of carbonyl (C=O) groups is 3. The van der Waals surface area contributed by atoms with Crippen LogP contribution < -0.4 is 5.32 Å².